The molecule has 2 rings (SSSR count). The quantitative estimate of drug-likeness (QED) is 0.459. The van der Waals surface area contributed by atoms with Crippen molar-refractivity contribution in [3.05, 3.63) is 36.1 Å². The minimum atomic E-state index is -2.02. The number of rotatable bonds is 3. The van der Waals surface area contributed by atoms with Crippen LogP contribution in [0.15, 0.2) is 34.7 Å². The lowest BCUT2D eigenvalue weighted by molar-refractivity contribution is 0.0565. The Kier molecular flexibility index (Phi) is 4.29. The maximum absolute atomic E-state index is 11.8. The average Bonchev–Trinajstić information content (AvgIpc) is 2.44. The summed E-state index contributed by atoms with van der Waals surface area (Å²) in [6, 6.07) is 9.18. The molecule has 5 heteroatoms. The molecule has 118 valence electrons. The molecule has 4 nitrogen and oxygen atoms in total. The first-order valence-corrected chi connectivity index (χ1v) is 10.2. The Balaban J connectivity index is 2.58. The first-order valence-electron chi connectivity index (χ1n) is 7.29. The van der Waals surface area contributed by atoms with Crippen LogP contribution in [0.3, 0.4) is 0 Å². The highest BCUT2D eigenvalue weighted by Gasteiger charge is 2.40. The molecule has 1 aromatic heterocycles. The van der Waals surface area contributed by atoms with Crippen LogP contribution in [0.1, 0.15) is 31.3 Å². The molecular weight excluding hydrogens is 296 g/mol. The van der Waals surface area contributed by atoms with Gasteiger partial charge in [-0.05, 0) is 24.2 Å². The van der Waals surface area contributed by atoms with Crippen molar-refractivity contribution in [2.24, 2.45) is 0 Å². The lowest BCUT2D eigenvalue weighted by atomic mass is 10.2. The van der Waals surface area contributed by atoms with Gasteiger partial charge >= 0.3 is 17.3 Å². The van der Waals surface area contributed by atoms with Gasteiger partial charge in [-0.1, -0.05) is 32.9 Å². The molecule has 0 fully saturated rings. The largest absolute Gasteiger partial charge is 0.543 e. The predicted molar refractivity (Wildman–Crippen MR) is 89.8 cm³/mol. The van der Waals surface area contributed by atoms with Crippen LogP contribution in [0, 0.1) is 0 Å². The van der Waals surface area contributed by atoms with Gasteiger partial charge in [0.15, 0.2) is 0 Å². The molecule has 0 saturated heterocycles. The third kappa shape index (κ3) is 3.14. The minimum absolute atomic E-state index is 0.0620. The van der Waals surface area contributed by atoms with Gasteiger partial charge < -0.3 is 9.16 Å². The topological polar surface area (TPSA) is 46.8 Å². The SMILES string of the molecule is COC(=O)c1cc(O[Si](C)(C)C(C)(C)C)c2ccccc2[o+]1. The minimum Gasteiger partial charge on any atom is -0.543 e. The smallest absolute Gasteiger partial charge is 0.441 e. The molecule has 0 aliphatic carbocycles. The van der Waals surface area contributed by atoms with E-state index < -0.39 is 14.3 Å². The van der Waals surface area contributed by atoms with Gasteiger partial charge in [-0.15, -0.1) is 0 Å². The number of esters is 1. The summed E-state index contributed by atoms with van der Waals surface area (Å²) in [6.45, 7) is 10.9. The van der Waals surface area contributed by atoms with E-state index in [0.29, 0.717) is 11.3 Å². The molecule has 22 heavy (non-hydrogen) atoms. The normalized spacial score (nSPS) is 12.3. The van der Waals surface area contributed by atoms with Gasteiger partial charge in [-0.25, -0.2) is 4.79 Å². The second kappa shape index (κ2) is 5.72. The number of ether oxygens (including phenoxy) is 1. The lowest BCUT2D eigenvalue weighted by Crippen LogP contribution is -2.43. The highest BCUT2D eigenvalue weighted by molar-refractivity contribution is 6.74. The zero-order valence-corrected chi connectivity index (χ0v) is 15.0. The monoisotopic (exact) mass is 319 g/mol. The fourth-order valence-corrected chi connectivity index (χ4v) is 2.84. The Morgan fingerprint density at radius 2 is 1.82 bits per heavy atom. The van der Waals surface area contributed by atoms with E-state index in [1.165, 1.54) is 7.11 Å². The van der Waals surface area contributed by atoms with Crippen molar-refractivity contribution in [2.75, 3.05) is 7.11 Å². The van der Waals surface area contributed by atoms with Gasteiger partial charge in [-0.2, -0.15) is 4.42 Å². The molecule has 0 amide bonds. The molecule has 1 aromatic carbocycles. The summed E-state index contributed by atoms with van der Waals surface area (Å²) in [6.07, 6.45) is 0. The Morgan fingerprint density at radius 1 is 1.18 bits per heavy atom. The number of para-hydroxylation sites is 1. The van der Waals surface area contributed by atoms with Crippen LogP contribution >= 0.6 is 0 Å². The third-order valence-corrected chi connectivity index (χ3v) is 8.54. The van der Waals surface area contributed by atoms with Crippen molar-refractivity contribution >= 4 is 25.3 Å². The van der Waals surface area contributed by atoms with E-state index >= 15 is 0 Å². The van der Waals surface area contributed by atoms with Crippen LogP contribution in [0.2, 0.25) is 18.1 Å². The van der Waals surface area contributed by atoms with Crippen LogP contribution in [0.4, 0.5) is 0 Å². The maximum Gasteiger partial charge on any atom is 0.441 e. The first kappa shape index (κ1) is 16.5. The van der Waals surface area contributed by atoms with Crippen LogP contribution in [-0.4, -0.2) is 21.4 Å². The summed E-state index contributed by atoms with van der Waals surface area (Å²) in [5.74, 6) is 0.314. The van der Waals surface area contributed by atoms with E-state index in [2.05, 4.69) is 33.9 Å². The fourth-order valence-electron chi connectivity index (χ4n) is 1.82. The zero-order valence-electron chi connectivity index (χ0n) is 14.0. The number of methoxy groups -OCH3 is 1. The lowest BCUT2D eigenvalue weighted by Gasteiger charge is -2.36. The number of hydrogen-bond acceptors (Lipinski definition) is 3. The molecule has 0 N–H and O–H groups in total. The van der Waals surface area contributed by atoms with Crippen molar-refractivity contribution in [3.63, 3.8) is 0 Å². The molecular formula is C17H23O4Si+. The molecule has 0 bridgehead atoms. The predicted octanol–water partition coefficient (Wildman–Crippen LogP) is 4.88. The Morgan fingerprint density at radius 3 is 2.41 bits per heavy atom. The van der Waals surface area contributed by atoms with Crippen LogP contribution in [0.5, 0.6) is 5.75 Å². The Hall–Kier alpha value is -1.88. The van der Waals surface area contributed by atoms with E-state index in [1.54, 1.807) is 6.07 Å². The molecule has 0 aliphatic rings. The van der Waals surface area contributed by atoms with Crippen molar-refractivity contribution in [1.29, 1.82) is 0 Å². The van der Waals surface area contributed by atoms with Crippen molar-refractivity contribution < 1.29 is 18.4 Å². The molecule has 0 atom stereocenters. The van der Waals surface area contributed by atoms with Gasteiger partial charge in [0.1, 0.15) is 11.1 Å². The summed E-state index contributed by atoms with van der Waals surface area (Å²) in [5.41, 5.74) is 0.610. The van der Waals surface area contributed by atoms with E-state index in [4.69, 9.17) is 13.6 Å². The molecule has 0 aliphatic heterocycles. The highest BCUT2D eigenvalue weighted by atomic mass is 28.4. The summed E-state index contributed by atoms with van der Waals surface area (Å²) >= 11 is 0. The summed E-state index contributed by atoms with van der Waals surface area (Å²) < 4.78 is 16.8. The summed E-state index contributed by atoms with van der Waals surface area (Å²) in [5, 5.41) is 0.923. The third-order valence-electron chi connectivity index (χ3n) is 4.19. The second-order valence-corrected chi connectivity index (χ2v) is 11.5. The number of benzene rings is 1. The van der Waals surface area contributed by atoms with Crippen molar-refractivity contribution in [3.8, 4) is 5.75 Å². The van der Waals surface area contributed by atoms with Crippen LogP contribution in [-0.2, 0) is 4.74 Å². The average molecular weight is 319 g/mol. The number of fused-ring (bicyclic) bond motifs is 1. The number of carbonyl (C=O) groups excluding carboxylic acids is 1. The van der Waals surface area contributed by atoms with Gasteiger partial charge in [-0.3, -0.25) is 0 Å². The Labute approximate surface area is 132 Å². The van der Waals surface area contributed by atoms with E-state index in [9.17, 15) is 4.79 Å². The second-order valence-electron chi connectivity index (χ2n) is 6.83. The maximum atomic E-state index is 11.8. The van der Waals surface area contributed by atoms with E-state index in [-0.39, 0.29) is 10.8 Å². The summed E-state index contributed by atoms with van der Waals surface area (Å²) in [4.78, 5) is 11.8. The van der Waals surface area contributed by atoms with Gasteiger partial charge in [0.2, 0.25) is 0 Å². The molecule has 1 heterocycles. The number of hydrogen-bond donors (Lipinski definition) is 0. The first-order chi connectivity index (χ1) is 10.2. The highest BCUT2D eigenvalue weighted by Crippen LogP contribution is 2.39. The molecule has 0 saturated carbocycles. The summed E-state index contributed by atoms with van der Waals surface area (Å²) in [7, 11) is -0.690. The number of carbonyl (C=O) groups is 1. The van der Waals surface area contributed by atoms with E-state index in [1.807, 2.05) is 24.3 Å². The van der Waals surface area contributed by atoms with Gasteiger partial charge in [0.25, 0.3) is 8.32 Å². The molecule has 0 spiro atoms. The van der Waals surface area contributed by atoms with Crippen molar-refractivity contribution in [1.82, 2.24) is 0 Å². The fraction of sp³-hybridized carbons (Fsp3) is 0.412. The molecule has 2 aromatic rings. The van der Waals surface area contributed by atoms with Crippen LogP contribution in [0.25, 0.3) is 11.0 Å². The van der Waals surface area contributed by atoms with Crippen molar-refractivity contribution in [2.45, 2.75) is 38.9 Å². The van der Waals surface area contributed by atoms with Crippen LogP contribution < -0.4 is 4.43 Å². The van der Waals surface area contributed by atoms with Gasteiger partial charge in [0.05, 0.1) is 13.2 Å². The Bertz CT molecular complexity index is 701. The molecule has 0 radical (unpaired) electrons. The zero-order chi connectivity index (χ0) is 16.5. The molecule has 0 unspecified atom stereocenters. The standard InChI is InChI=1S/C17H23O4Si/c1-17(2,3)22(5,6)21-14-11-15(16(18)19-4)20-13-10-8-7-9-12(13)14/h7-11H,1-6H3/q+1. The van der Waals surface area contributed by atoms with E-state index in [0.717, 1.165) is 5.39 Å². The van der Waals surface area contributed by atoms with Gasteiger partial charge in [0, 0.05) is 6.07 Å².